The summed E-state index contributed by atoms with van der Waals surface area (Å²) in [5.74, 6) is 0. The van der Waals surface area contributed by atoms with Gasteiger partial charge in [0.05, 0.1) is 12.2 Å². The lowest BCUT2D eigenvalue weighted by Gasteiger charge is -2.07. The molecule has 0 aliphatic rings. The van der Waals surface area contributed by atoms with Crippen LogP contribution in [0.5, 0.6) is 0 Å². The van der Waals surface area contributed by atoms with Crippen molar-refractivity contribution in [2.75, 3.05) is 0 Å². The highest BCUT2D eigenvalue weighted by Gasteiger charge is 2.03. The number of aromatic nitrogens is 1. The molecule has 5 nitrogen and oxygen atoms in total. The van der Waals surface area contributed by atoms with Gasteiger partial charge in [0.15, 0.2) is 0 Å². The summed E-state index contributed by atoms with van der Waals surface area (Å²) in [7, 11) is 0. The van der Waals surface area contributed by atoms with Crippen molar-refractivity contribution in [3.05, 3.63) is 65.5 Å². The zero-order chi connectivity index (χ0) is 14.2. The van der Waals surface area contributed by atoms with Crippen molar-refractivity contribution in [3.8, 4) is 0 Å². The van der Waals surface area contributed by atoms with Crippen LogP contribution in [0.3, 0.4) is 0 Å². The molecule has 1 amide bonds. The molecule has 1 aromatic heterocycles. The van der Waals surface area contributed by atoms with Crippen LogP contribution in [0, 0.1) is 0 Å². The van der Waals surface area contributed by atoms with Crippen molar-refractivity contribution < 1.29 is 9.53 Å². The molecule has 0 unspecified atom stereocenters. The number of hydrogen-bond acceptors (Lipinski definition) is 4. The van der Waals surface area contributed by atoms with Gasteiger partial charge in [-0.05, 0) is 23.3 Å². The van der Waals surface area contributed by atoms with Gasteiger partial charge in [0.25, 0.3) is 0 Å². The molecule has 0 aliphatic heterocycles. The van der Waals surface area contributed by atoms with Gasteiger partial charge in [0.2, 0.25) is 0 Å². The molecule has 0 atom stereocenters. The minimum atomic E-state index is -0.464. The fourth-order valence-corrected chi connectivity index (χ4v) is 1.69. The van der Waals surface area contributed by atoms with Gasteiger partial charge in [-0.15, -0.1) is 0 Å². The number of benzene rings is 1. The average molecular weight is 271 g/mol. The van der Waals surface area contributed by atoms with Crippen LogP contribution in [0.15, 0.2) is 48.7 Å². The quantitative estimate of drug-likeness (QED) is 0.871. The number of pyridine rings is 1. The number of amides is 1. The van der Waals surface area contributed by atoms with Crippen molar-refractivity contribution in [2.24, 2.45) is 5.73 Å². The lowest BCUT2D eigenvalue weighted by Crippen LogP contribution is -2.24. The Morgan fingerprint density at radius 2 is 2.00 bits per heavy atom. The standard InChI is InChI=1S/C15H17N3O2/c16-9-13-6-7-17-14(8-13)10-18-15(19)20-11-12-4-2-1-3-5-12/h1-8H,9-11,16H2,(H,18,19). The van der Waals surface area contributed by atoms with Gasteiger partial charge in [-0.2, -0.15) is 0 Å². The Kier molecular flexibility index (Phi) is 5.08. The smallest absolute Gasteiger partial charge is 0.407 e. The first kappa shape index (κ1) is 14.0. The summed E-state index contributed by atoms with van der Waals surface area (Å²) < 4.78 is 5.10. The zero-order valence-corrected chi connectivity index (χ0v) is 11.1. The molecule has 0 aliphatic carbocycles. The number of carbonyl (C=O) groups excluding carboxylic acids is 1. The maximum Gasteiger partial charge on any atom is 0.407 e. The van der Waals surface area contributed by atoms with Crippen LogP contribution >= 0.6 is 0 Å². The van der Waals surface area contributed by atoms with E-state index >= 15 is 0 Å². The van der Waals surface area contributed by atoms with Crippen LogP contribution in [-0.2, 0) is 24.4 Å². The van der Waals surface area contributed by atoms with E-state index in [0.29, 0.717) is 13.1 Å². The lowest BCUT2D eigenvalue weighted by molar-refractivity contribution is 0.139. The Bertz CT molecular complexity index is 558. The van der Waals surface area contributed by atoms with Gasteiger partial charge in [-0.3, -0.25) is 4.98 Å². The van der Waals surface area contributed by atoms with E-state index in [4.69, 9.17) is 10.5 Å². The molecule has 3 N–H and O–H groups in total. The van der Waals surface area contributed by atoms with E-state index in [1.165, 1.54) is 0 Å². The van der Waals surface area contributed by atoms with Crippen molar-refractivity contribution in [1.82, 2.24) is 10.3 Å². The van der Waals surface area contributed by atoms with Gasteiger partial charge in [0, 0.05) is 12.7 Å². The molecule has 20 heavy (non-hydrogen) atoms. The molecule has 104 valence electrons. The molecule has 0 saturated heterocycles. The number of rotatable bonds is 5. The van der Waals surface area contributed by atoms with Crippen LogP contribution in [0.1, 0.15) is 16.8 Å². The van der Waals surface area contributed by atoms with Crippen LogP contribution < -0.4 is 11.1 Å². The average Bonchev–Trinajstić information content (AvgIpc) is 2.52. The molecule has 2 aromatic rings. The van der Waals surface area contributed by atoms with Crippen LogP contribution in [-0.4, -0.2) is 11.1 Å². The monoisotopic (exact) mass is 271 g/mol. The number of nitrogens with one attached hydrogen (secondary N) is 1. The largest absolute Gasteiger partial charge is 0.445 e. The maximum atomic E-state index is 11.6. The molecular weight excluding hydrogens is 254 g/mol. The molecule has 5 heteroatoms. The summed E-state index contributed by atoms with van der Waals surface area (Å²) in [5.41, 5.74) is 8.23. The molecule has 0 spiro atoms. The fraction of sp³-hybridized carbons (Fsp3) is 0.200. The van der Waals surface area contributed by atoms with Gasteiger partial charge >= 0.3 is 6.09 Å². The van der Waals surface area contributed by atoms with Gasteiger partial charge in [0.1, 0.15) is 6.61 Å². The topological polar surface area (TPSA) is 77.2 Å². The number of ether oxygens (including phenoxy) is 1. The second kappa shape index (κ2) is 7.25. The SMILES string of the molecule is NCc1ccnc(CNC(=O)OCc2ccccc2)c1. The first-order valence-electron chi connectivity index (χ1n) is 6.36. The molecular formula is C15H17N3O2. The van der Waals surface area contributed by atoms with E-state index in [1.54, 1.807) is 6.20 Å². The van der Waals surface area contributed by atoms with Crippen molar-refractivity contribution >= 4 is 6.09 Å². The second-order valence-corrected chi connectivity index (χ2v) is 4.27. The second-order valence-electron chi connectivity index (χ2n) is 4.27. The normalized spacial score (nSPS) is 10.1. The highest BCUT2D eigenvalue weighted by atomic mass is 16.5. The fourth-order valence-electron chi connectivity index (χ4n) is 1.69. The number of hydrogen-bond donors (Lipinski definition) is 2. The number of nitrogens with two attached hydrogens (primary N) is 1. The first-order chi connectivity index (χ1) is 9.78. The van der Waals surface area contributed by atoms with Crippen molar-refractivity contribution in [3.63, 3.8) is 0 Å². The third-order valence-electron chi connectivity index (χ3n) is 2.74. The minimum Gasteiger partial charge on any atom is -0.445 e. The highest BCUT2D eigenvalue weighted by Crippen LogP contribution is 2.02. The summed E-state index contributed by atoms with van der Waals surface area (Å²) in [4.78, 5) is 15.7. The van der Waals surface area contributed by atoms with Crippen LogP contribution in [0.2, 0.25) is 0 Å². The molecule has 0 fully saturated rings. The Hall–Kier alpha value is -2.40. The molecule has 2 rings (SSSR count). The molecule has 1 heterocycles. The lowest BCUT2D eigenvalue weighted by atomic mass is 10.2. The third kappa shape index (κ3) is 4.37. The molecule has 0 bridgehead atoms. The maximum absolute atomic E-state index is 11.6. The zero-order valence-electron chi connectivity index (χ0n) is 11.1. The summed E-state index contributed by atoms with van der Waals surface area (Å²) in [6, 6.07) is 13.2. The molecule has 0 saturated carbocycles. The predicted octanol–water partition coefficient (Wildman–Crippen LogP) is 1.97. The van der Waals surface area contributed by atoms with E-state index in [0.717, 1.165) is 16.8 Å². The van der Waals surface area contributed by atoms with E-state index in [1.807, 2.05) is 42.5 Å². The Balaban J connectivity index is 1.77. The number of carbonyl (C=O) groups is 1. The summed E-state index contributed by atoms with van der Waals surface area (Å²) in [5, 5.41) is 2.66. The highest BCUT2D eigenvalue weighted by molar-refractivity contribution is 5.67. The van der Waals surface area contributed by atoms with E-state index < -0.39 is 6.09 Å². The Labute approximate surface area is 117 Å². The summed E-state index contributed by atoms with van der Waals surface area (Å²) in [6.45, 7) is 1.03. The van der Waals surface area contributed by atoms with Crippen LogP contribution in [0.25, 0.3) is 0 Å². The van der Waals surface area contributed by atoms with Gasteiger partial charge < -0.3 is 15.8 Å². The third-order valence-corrected chi connectivity index (χ3v) is 2.74. The molecule has 1 aromatic carbocycles. The van der Waals surface area contributed by atoms with Gasteiger partial charge in [-0.1, -0.05) is 30.3 Å². The van der Waals surface area contributed by atoms with Crippen molar-refractivity contribution in [1.29, 1.82) is 0 Å². The Morgan fingerprint density at radius 1 is 1.20 bits per heavy atom. The Morgan fingerprint density at radius 3 is 2.75 bits per heavy atom. The predicted molar refractivity (Wildman–Crippen MR) is 75.6 cm³/mol. The minimum absolute atomic E-state index is 0.253. The van der Waals surface area contributed by atoms with Crippen molar-refractivity contribution in [2.45, 2.75) is 19.7 Å². The summed E-state index contributed by atoms with van der Waals surface area (Å²) >= 11 is 0. The summed E-state index contributed by atoms with van der Waals surface area (Å²) in [6.07, 6.45) is 1.21. The first-order valence-corrected chi connectivity index (χ1v) is 6.36. The number of alkyl carbamates (subject to hydrolysis) is 1. The van der Waals surface area contributed by atoms with E-state index in [9.17, 15) is 4.79 Å². The molecule has 0 radical (unpaired) electrons. The number of nitrogens with zero attached hydrogens (tertiary/aromatic N) is 1. The van der Waals surface area contributed by atoms with E-state index in [-0.39, 0.29) is 6.61 Å². The van der Waals surface area contributed by atoms with E-state index in [2.05, 4.69) is 10.3 Å². The van der Waals surface area contributed by atoms with Crippen LogP contribution in [0.4, 0.5) is 4.79 Å². The van der Waals surface area contributed by atoms with Gasteiger partial charge in [-0.25, -0.2) is 4.79 Å².